The van der Waals surface area contributed by atoms with Crippen LogP contribution in [0.1, 0.15) is 26.2 Å². The van der Waals surface area contributed by atoms with Crippen LogP contribution in [0.15, 0.2) is 30.6 Å². The van der Waals surface area contributed by atoms with Crippen molar-refractivity contribution in [3.63, 3.8) is 0 Å². The van der Waals surface area contributed by atoms with Gasteiger partial charge in [-0.25, -0.2) is 4.98 Å². The lowest BCUT2D eigenvalue weighted by molar-refractivity contribution is -0.123. The van der Waals surface area contributed by atoms with Crippen LogP contribution in [0.5, 0.6) is 0 Å². The normalized spacial score (nSPS) is 17.6. The maximum atomic E-state index is 12.1. The highest BCUT2D eigenvalue weighted by atomic mass is 16.3. The molecule has 1 atom stereocenters. The Balaban J connectivity index is 1.61. The number of imidazole rings is 1. The van der Waals surface area contributed by atoms with Gasteiger partial charge in [0.2, 0.25) is 5.91 Å². The topological polar surface area (TPSA) is 67.2 Å². The van der Waals surface area contributed by atoms with Crippen molar-refractivity contribution in [1.82, 2.24) is 14.9 Å². The van der Waals surface area contributed by atoms with Crippen molar-refractivity contribution in [2.24, 2.45) is 5.92 Å². The molecule has 1 aliphatic carbocycles. The second-order valence-electron chi connectivity index (χ2n) is 6.07. The first kappa shape index (κ1) is 14.1. The van der Waals surface area contributed by atoms with Crippen LogP contribution >= 0.6 is 0 Å². The van der Waals surface area contributed by atoms with Crippen LogP contribution in [-0.2, 0) is 11.3 Å². The molecule has 1 amide bonds. The van der Waals surface area contributed by atoms with Gasteiger partial charge in [0.15, 0.2) is 0 Å². The van der Waals surface area contributed by atoms with Crippen molar-refractivity contribution in [3.05, 3.63) is 30.6 Å². The Labute approximate surface area is 124 Å². The fraction of sp³-hybridized carbons (Fsp3) is 0.500. The molecule has 1 heterocycles. The van der Waals surface area contributed by atoms with Gasteiger partial charge in [-0.1, -0.05) is 12.1 Å². The Bertz CT molecular complexity index is 648. The molecule has 5 nitrogen and oxygen atoms in total. The second kappa shape index (κ2) is 5.48. The zero-order valence-electron chi connectivity index (χ0n) is 12.2. The van der Waals surface area contributed by atoms with Crippen molar-refractivity contribution in [1.29, 1.82) is 0 Å². The molecule has 0 spiro atoms. The van der Waals surface area contributed by atoms with E-state index < -0.39 is 5.54 Å². The number of hydrogen-bond acceptors (Lipinski definition) is 3. The van der Waals surface area contributed by atoms with Crippen LogP contribution in [0, 0.1) is 5.92 Å². The van der Waals surface area contributed by atoms with Gasteiger partial charge in [-0.3, -0.25) is 4.79 Å². The number of aliphatic hydroxyl groups is 1. The number of carbonyl (C=O) groups is 1. The lowest BCUT2D eigenvalue weighted by atomic mass is 9.97. The molecule has 1 aromatic heterocycles. The first-order valence-corrected chi connectivity index (χ1v) is 7.44. The molecule has 2 aromatic rings. The quantitative estimate of drug-likeness (QED) is 0.850. The van der Waals surface area contributed by atoms with Crippen LogP contribution < -0.4 is 5.32 Å². The molecule has 0 saturated heterocycles. The summed E-state index contributed by atoms with van der Waals surface area (Å²) in [7, 11) is 0. The predicted molar refractivity (Wildman–Crippen MR) is 80.7 cm³/mol. The summed E-state index contributed by atoms with van der Waals surface area (Å²) in [6.07, 6.45) is 4.33. The smallest absolute Gasteiger partial charge is 0.222 e. The third-order valence-corrected chi connectivity index (χ3v) is 4.34. The van der Waals surface area contributed by atoms with Crippen molar-refractivity contribution in [2.45, 2.75) is 38.3 Å². The molecule has 1 unspecified atom stereocenters. The van der Waals surface area contributed by atoms with Crippen LogP contribution in [0.3, 0.4) is 0 Å². The lowest BCUT2D eigenvalue weighted by Gasteiger charge is -2.28. The number of aromatic nitrogens is 2. The summed E-state index contributed by atoms with van der Waals surface area (Å²) in [5.41, 5.74) is 1.52. The molecule has 0 radical (unpaired) electrons. The molecule has 2 N–H and O–H groups in total. The number of fused-ring (bicyclic) bond motifs is 1. The van der Waals surface area contributed by atoms with Gasteiger partial charge >= 0.3 is 0 Å². The van der Waals surface area contributed by atoms with Gasteiger partial charge in [0.25, 0.3) is 0 Å². The summed E-state index contributed by atoms with van der Waals surface area (Å²) < 4.78 is 1.99. The zero-order chi connectivity index (χ0) is 14.9. The third-order valence-electron chi connectivity index (χ3n) is 4.34. The number of nitrogens with zero attached hydrogens (tertiary/aromatic N) is 2. The SMILES string of the molecule is CC(CO)(NC(=O)CCn1cnc2ccccc21)C1CC1. The van der Waals surface area contributed by atoms with Crippen LogP contribution in [-0.4, -0.2) is 32.7 Å². The standard InChI is InChI=1S/C16H21N3O2/c1-16(10-20,12-6-7-12)18-15(21)8-9-19-11-17-13-4-2-3-5-14(13)19/h2-5,11-12,20H,6-10H2,1H3,(H,18,21). The number of para-hydroxylation sites is 2. The van der Waals surface area contributed by atoms with Crippen molar-refractivity contribution in [2.75, 3.05) is 6.61 Å². The number of aliphatic hydroxyl groups excluding tert-OH is 1. The van der Waals surface area contributed by atoms with Gasteiger partial charge in [-0.15, -0.1) is 0 Å². The number of amides is 1. The maximum Gasteiger partial charge on any atom is 0.222 e. The van der Waals surface area contributed by atoms with Crippen LogP contribution in [0.4, 0.5) is 0 Å². The minimum absolute atomic E-state index is 0.00257. The van der Waals surface area contributed by atoms with E-state index in [0.29, 0.717) is 18.9 Å². The molecule has 0 bridgehead atoms. The summed E-state index contributed by atoms with van der Waals surface area (Å²) in [5.74, 6) is 0.400. The fourth-order valence-corrected chi connectivity index (χ4v) is 2.78. The second-order valence-corrected chi connectivity index (χ2v) is 6.07. The Morgan fingerprint density at radius 2 is 2.24 bits per heavy atom. The Morgan fingerprint density at radius 1 is 1.48 bits per heavy atom. The van der Waals surface area contributed by atoms with Gasteiger partial charge in [0.1, 0.15) is 0 Å². The number of rotatable bonds is 6. The largest absolute Gasteiger partial charge is 0.394 e. The number of hydrogen-bond donors (Lipinski definition) is 2. The molecule has 1 saturated carbocycles. The van der Waals surface area contributed by atoms with Crippen LogP contribution in [0.25, 0.3) is 11.0 Å². The molecule has 21 heavy (non-hydrogen) atoms. The number of carbonyl (C=O) groups excluding carboxylic acids is 1. The minimum Gasteiger partial charge on any atom is -0.394 e. The van der Waals surface area contributed by atoms with Gasteiger partial charge in [-0.2, -0.15) is 0 Å². The van der Waals surface area contributed by atoms with E-state index in [1.54, 1.807) is 6.33 Å². The van der Waals surface area contributed by atoms with Crippen molar-refractivity contribution in [3.8, 4) is 0 Å². The molecular weight excluding hydrogens is 266 g/mol. The minimum atomic E-state index is -0.464. The molecule has 3 rings (SSSR count). The van der Waals surface area contributed by atoms with Gasteiger partial charge in [0, 0.05) is 13.0 Å². The first-order chi connectivity index (χ1) is 10.1. The van der Waals surface area contributed by atoms with Gasteiger partial charge < -0.3 is 15.0 Å². The number of nitrogens with one attached hydrogen (secondary N) is 1. The molecule has 1 fully saturated rings. The van der Waals surface area contributed by atoms with Crippen LogP contribution in [0.2, 0.25) is 0 Å². The average molecular weight is 287 g/mol. The third kappa shape index (κ3) is 2.93. The Kier molecular flexibility index (Phi) is 3.68. The van der Waals surface area contributed by atoms with E-state index in [1.165, 1.54) is 0 Å². The summed E-state index contributed by atoms with van der Waals surface area (Å²) in [6.45, 7) is 2.52. The predicted octanol–water partition coefficient (Wildman–Crippen LogP) is 1.70. The zero-order valence-corrected chi connectivity index (χ0v) is 12.2. The number of aryl methyl sites for hydroxylation is 1. The molecule has 112 valence electrons. The Hall–Kier alpha value is -1.88. The van der Waals surface area contributed by atoms with E-state index in [1.807, 2.05) is 35.8 Å². The molecular formula is C16H21N3O2. The molecule has 5 heteroatoms. The highest BCUT2D eigenvalue weighted by Crippen LogP contribution is 2.39. The van der Waals surface area contributed by atoms with E-state index in [-0.39, 0.29) is 12.5 Å². The van der Waals surface area contributed by atoms with E-state index in [2.05, 4.69) is 10.3 Å². The van der Waals surface area contributed by atoms with E-state index >= 15 is 0 Å². The average Bonchev–Trinajstić information content (AvgIpc) is 3.27. The summed E-state index contributed by atoms with van der Waals surface area (Å²) >= 11 is 0. The summed E-state index contributed by atoms with van der Waals surface area (Å²) in [4.78, 5) is 16.4. The molecule has 1 aliphatic rings. The highest BCUT2D eigenvalue weighted by Gasteiger charge is 2.41. The van der Waals surface area contributed by atoms with E-state index in [4.69, 9.17) is 0 Å². The monoisotopic (exact) mass is 287 g/mol. The molecule has 0 aliphatic heterocycles. The summed E-state index contributed by atoms with van der Waals surface area (Å²) in [6, 6.07) is 7.88. The summed E-state index contributed by atoms with van der Waals surface area (Å²) in [5, 5.41) is 12.5. The molecule has 1 aromatic carbocycles. The first-order valence-electron chi connectivity index (χ1n) is 7.44. The van der Waals surface area contributed by atoms with E-state index in [0.717, 1.165) is 23.9 Å². The lowest BCUT2D eigenvalue weighted by Crippen LogP contribution is -2.50. The van der Waals surface area contributed by atoms with Gasteiger partial charge in [-0.05, 0) is 37.8 Å². The fourth-order valence-electron chi connectivity index (χ4n) is 2.78. The Morgan fingerprint density at radius 3 is 2.95 bits per heavy atom. The van der Waals surface area contributed by atoms with E-state index in [9.17, 15) is 9.90 Å². The van der Waals surface area contributed by atoms with Crippen molar-refractivity contribution < 1.29 is 9.90 Å². The highest BCUT2D eigenvalue weighted by molar-refractivity contribution is 5.78. The van der Waals surface area contributed by atoms with Gasteiger partial charge in [0.05, 0.1) is 29.5 Å². The maximum absolute atomic E-state index is 12.1. The number of benzene rings is 1. The van der Waals surface area contributed by atoms with Crippen molar-refractivity contribution >= 4 is 16.9 Å².